The van der Waals surface area contributed by atoms with E-state index in [0.29, 0.717) is 0 Å². The normalized spacial score (nSPS) is 11.5. The van der Waals surface area contributed by atoms with E-state index in [2.05, 4.69) is 10.3 Å². The van der Waals surface area contributed by atoms with Gasteiger partial charge in [0.1, 0.15) is 0 Å². The Morgan fingerprint density at radius 3 is 2.43 bits per heavy atom. The zero-order valence-corrected chi connectivity index (χ0v) is 12.7. The van der Waals surface area contributed by atoms with E-state index >= 15 is 0 Å². The average Bonchev–Trinajstić information content (AvgIpc) is 2.45. The molecule has 0 radical (unpaired) electrons. The third-order valence-corrected chi connectivity index (χ3v) is 4.05. The van der Waals surface area contributed by atoms with Gasteiger partial charge in [0.2, 0.25) is 10.0 Å². The van der Waals surface area contributed by atoms with Crippen molar-refractivity contribution >= 4 is 10.0 Å². The van der Waals surface area contributed by atoms with Crippen molar-refractivity contribution in [2.75, 3.05) is 6.54 Å². The van der Waals surface area contributed by atoms with E-state index in [9.17, 15) is 8.42 Å². The number of nitrogens with one attached hydrogen (secondary N) is 1. The second kappa shape index (κ2) is 6.80. The molecule has 0 aliphatic carbocycles. The predicted octanol–water partition coefficient (Wildman–Crippen LogP) is 1.37. The first-order valence-electron chi connectivity index (χ1n) is 6.69. The summed E-state index contributed by atoms with van der Waals surface area (Å²) in [5.74, 6) is 0. The third-order valence-electron chi connectivity index (χ3n) is 3.12. The molecule has 0 unspecified atom stereocenters. The van der Waals surface area contributed by atoms with Crippen molar-refractivity contribution in [3.63, 3.8) is 0 Å². The highest BCUT2D eigenvalue weighted by Gasteiger charge is 2.06. The van der Waals surface area contributed by atoms with Crippen molar-refractivity contribution in [1.29, 1.82) is 0 Å². The minimum Gasteiger partial charge on any atom is -0.311 e. The number of nitrogens with zero attached hydrogens (tertiary/aromatic N) is 1. The predicted molar refractivity (Wildman–Crippen MR) is 82.2 cm³/mol. The molecule has 0 saturated heterocycles. The third kappa shape index (κ3) is 4.93. The summed E-state index contributed by atoms with van der Waals surface area (Å²) in [6.07, 6.45) is 2.67. The Balaban J connectivity index is 1.80. The van der Waals surface area contributed by atoms with Crippen LogP contribution in [0.15, 0.2) is 47.5 Å². The van der Waals surface area contributed by atoms with Crippen LogP contribution in [0.3, 0.4) is 0 Å². The van der Waals surface area contributed by atoms with E-state index in [1.807, 2.05) is 25.3 Å². The molecule has 0 atom stereocenters. The minimum atomic E-state index is -3.61. The second-order valence-corrected chi connectivity index (χ2v) is 6.50. The highest BCUT2D eigenvalue weighted by Crippen LogP contribution is 2.09. The van der Waals surface area contributed by atoms with Crippen molar-refractivity contribution in [1.82, 2.24) is 10.3 Å². The lowest BCUT2D eigenvalue weighted by atomic mass is 10.1. The molecule has 112 valence electrons. The zero-order valence-electron chi connectivity index (χ0n) is 11.9. The Morgan fingerprint density at radius 2 is 1.86 bits per heavy atom. The van der Waals surface area contributed by atoms with Gasteiger partial charge in [-0.25, -0.2) is 13.6 Å². The van der Waals surface area contributed by atoms with Gasteiger partial charge in [0, 0.05) is 12.7 Å². The molecular formula is C15H19N3O2S. The molecule has 0 aliphatic heterocycles. The summed E-state index contributed by atoms with van der Waals surface area (Å²) in [7, 11) is -3.61. The summed E-state index contributed by atoms with van der Waals surface area (Å²) in [4.78, 5) is 4.46. The van der Waals surface area contributed by atoms with E-state index < -0.39 is 10.0 Å². The first-order valence-corrected chi connectivity index (χ1v) is 8.24. The van der Waals surface area contributed by atoms with Crippen LogP contribution in [0.25, 0.3) is 0 Å². The quantitative estimate of drug-likeness (QED) is 0.789. The Morgan fingerprint density at radius 1 is 1.14 bits per heavy atom. The van der Waals surface area contributed by atoms with Crippen LogP contribution >= 0.6 is 0 Å². The summed E-state index contributed by atoms with van der Waals surface area (Å²) in [6, 6.07) is 10.7. The van der Waals surface area contributed by atoms with Crippen LogP contribution in [0, 0.1) is 6.92 Å². The molecule has 6 heteroatoms. The van der Waals surface area contributed by atoms with E-state index in [1.165, 1.54) is 12.1 Å². The van der Waals surface area contributed by atoms with E-state index in [1.54, 1.807) is 12.1 Å². The molecule has 0 bridgehead atoms. The van der Waals surface area contributed by atoms with Crippen molar-refractivity contribution in [3.8, 4) is 0 Å². The molecule has 2 aromatic rings. The van der Waals surface area contributed by atoms with Crippen molar-refractivity contribution < 1.29 is 8.42 Å². The first kappa shape index (κ1) is 15.6. The van der Waals surface area contributed by atoms with Crippen molar-refractivity contribution in [3.05, 3.63) is 59.4 Å². The Bertz CT molecular complexity index is 680. The summed E-state index contributed by atoms with van der Waals surface area (Å²) in [5.41, 5.74) is 3.21. The summed E-state index contributed by atoms with van der Waals surface area (Å²) < 4.78 is 22.3. The van der Waals surface area contributed by atoms with Gasteiger partial charge in [-0.1, -0.05) is 18.2 Å². The highest BCUT2D eigenvalue weighted by atomic mass is 32.2. The monoisotopic (exact) mass is 305 g/mol. The average molecular weight is 305 g/mol. The second-order valence-electron chi connectivity index (χ2n) is 4.94. The number of aryl methyl sites for hydroxylation is 1. The lowest BCUT2D eigenvalue weighted by Crippen LogP contribution is -2.17. The lowest BCUT2D eigenvalue weighted by Gasteiger charge is -2.06. The van der Waals surface area contributed by atoms with Gasteiger partial charge in [0.15, 0.2) is 0 Å². The van der Waals surface area contributed by atoms with E-state index in [0.717, 1.165) is 36.3 Å². The topological polar surface area (TPSA) is 85.1 Å². The molecular weight excluding hydrogens is 286 g/mol. The van der Waals surface area contributed by atoms with Crippen LogP contribution in [-0.4, -0.2) is 19.9 Å². The smallest absolute Gasteiger partial charge is 0.238 e. The van der Waals surface area contributed by atoms with Crippen LogP contribution in [0.1, 0.15) is 16.8 Å². The number of sulfonamides is 1. The van der Waals surface area contributed by atoms with E-state index in [4.69, 9.17) is 5.14 Å². The Hall–Kier alpha value is -1.76. The number of hydrogen-bond donors (Lipinski definition) is 2. The number of benzene rings is 1. The number of pyridine rings is 1. The molecule has 5 nitrogen and oxygen atoms in total. The molecule has 1 aromatic heterocycles. The lowest BCUT2D eigenvalue weighted by molar-refractivity contribution is 0.597. The maximum absolute atomic E-state index is 11.1. The molecule has 1 aromatic carbocycles. The fraction of sp³-hybridized carbons (Fsp3) is 0.267. The Kier molecular flexibility index (Phi) is 5.06. The molecule has 0 saturated carbocycles. The van der Waals surface area contributed by atoms with Crippen molar-refractivity contribution in [2.45, 2.75) is 24.8 Å². The summed E-state index contributed by atoms with van der Waals surface area (Å²) in [6.45, 7) is 3.52. The van der Waals surface area contributed by atoms with Crippen LogP contribution in [0.2, 0.25) is 0 Å². The van der Waals surface area contributed by atoms with Gasteiger partial charge >= 0.3 is 0 Å². The standard InChI is InChI=1S/C15H19N3O2S/c1-12-2-5-14(18-10-12)11-17-9-8-13-3-6-15(7-4-13)21(16,19)20/h2-7,10,17H,8-9,11H2,1H3,(H2,16,19,20). The van der Waals surface area contributed by atoms with Crippen LogP contribution < -0.4 is 10.5 Å². The number of hydrogen-bond acceptors (Lipinski definition) is 4. The number of rotatable bonds is 6. The molecule has 0 aliphatic rings. The maximum Gasteiger partial charge on any atom is 0.238 e. The molecule has 3 N–H and O–H groups in total. The fourth-order valence-electron chi connectivity index (χ4n) is 1.90. The first-order chi connectivity index (χ1) is 9.95. The molecule has 21 heavy (non-hydrogen) atoms. The number of nitrogens with two attached hydrogens (primary N) is 1. The van der Waals surface area contributed by atoms with Gasteiger partial charge in [0.25, 0.3) is 0 Å². The van der Waals surface area contributed by atoms with Crippen LogP contribution in [0.5, 0.6) is 0 Å². The minimum absolute atomic E-state index is 0.142. The van der Waals surface area contributed by atoms with Crippen LogP contribution in [0.4, 0.5) is 0 Å². The SMILES string of the molecule is Cc1ccc(CNCCc2ccc(S(N)(=O)=O)cc2)nc1. The Labute approximate surface area is 125 Å². The molecule has 0 amide bonds. The zero-order chi connectivity index (χ0) is 15.3. The summed E-state index contributed by atoms with van der Waals surface area (Å²) in [5, 5.41) is 8.37. The highest BCUT2D eigenvalue weighted by molar-refractivity contribution is 7.89. The fourth-order valence-corrected chi connectivity index (χ4v) is 2.41. The summed E-state index contributed by atoms with van der Waals surface area (Å²) >= 11 is 0. The van der Waals surface area contributed by atoms with Crippen LogP contribution in [-0.2, 0) is 23.0 Å². The maximum atomic E-state index is 11.1. The van der Waals surface area contributed by atoms with E-state index in [-0.39, 0.29) is 4.90 Å². The van der Waals surface area contributed by atoms with Gasteiger partial charge in [-0.15, -0.1) is 0 Å². The number of primary sulfonamides is 1. The molecule has 0 spiro atoms. The van der Waals surface area contributed by atoms with Gasteiger partial charge < -0.3 is 5.32 Å². The van der Waals surface area contributed by atoms with Gasteiger partial charge in [-0.3, -0.25) is 4.98 Å². The molecule has 2 rings (SSSR count). The largest absolute Gasteiger partial charge is 0.311 e. The number of aromatic nitrogens is 1. The van der Waals surface area contributed by atoms with Gasteiger partial charge in [-0.2, -0.15) is 0 Å². The molecule has 0 fully saturated rings. The van der Waals surface area contributed by atoms with Crippen molar-refractivity contribution in [2.24, 2.45) is 5.14 Å². The molecule has 1 heterocycles. The van der Waals surface area contributed by atoms with Gasteiger partial charge in [0.05, 0.1) is 10.6 Å². The van der Waals surface area contributed by atoms with Gasteiger partial charge in [-0.05, 0) is 49.2 Å².